The van der Waals surface area contributed by atoms with Crippen molar-refractivity contribution in [3.63, 3.8) is 0 Å². The summed E-state index contributed by atoms with van der Waals surface area (Å²) in [4.78, 5) is 0. The van der Waals surface area contributed by atoms with Gasteiger partial charge in [0.15, 0.2) is 0 Å². The Morgan fingerprint density at radius 1 is 0.760 bits per heavy atom. The van der Waals surface area contributed by atoms with Crippen molar-refractivity contribution in [1.29, 1.82) is 0 Å². The van der Waals surface area contributed by atoms with Gasteiger partial charge < -0.3 is 0 Å². The molecule has 0 saturated heterocycles. The molecule has 0 nitrogen and oxygen atoms in total. The fraction of sp³-hybridized carbons (Fsp3) is 0.250. The van der Waals surface area contributed by atoms with Gasteiger partial charge in [-0.2, -0.15) is 0 Å². The second-order valence-electron chi connectivity index (χ2n) is 7.09. The Morgan fingerprint density at radius 2 is 1.36 bits per heavy atom. The van der Waals surface area contributed by atoms with E-state index in [4.69, 9.17) is 0 Å². The van der Waals surface area contributed by atoms with Crippen molar-refractivity contribution in [2.24, 2.45) is 5.92 Å². The van der Waals surface area contributed by atoms with E-state index in [2.05, 4.69) is 43.3 Å². The lowest BCUT2D eigenvalue weighted by atomic mass is 9.97. The van der Waals surface area contributed by atoms with Gasteiger partial charge in [-0.3, -0.25) is 0 Å². The van der Waals surface area contributed by atoms with Gasteiger partial charge in [0.1, 0.15) is 5.82 Å². The fourth-order valence-electron chi connectivity index (χ4n) is 3.34. The maximum absolute atomic E-state index is 14.7. The van der Waals surface area contributed by atoms with Crippen molar-refractivity contribution in [2.75, 3.05) is 0 Å². The molecule has 1 heteroatoms. The summed E-state index contributed by atoms with van der Waals surface area (Å²) in [5.74, 6) is 0.727. The summed E-state index contributed by atoms with van der Waals surface area (Å²) in [7, 11) is 0. The molecule has 1 fully saturated rings. The zero-order valence-corrected chi connectivity index (χ0v) is 14.6. The van der Waals surface area contributed by atoms with Crippen LogP contribution in [0.2, 0.25) is 0 Å². The number of hydrogen-bond donors (Lipinski definition) is 0. The van der Waals surface area contributed by atoms with Gasteiger partial charge in [0.25, 0.3) is 0 Å². The minimum Gasteiger partial charge on any atom is -0.206 e. The summed E-state index contributed by atoms with van der Waals surface area (Å²) in [6.07, 6.45) is 4.92. The molecular weight excluding hydrogens is 307 g/mol. The Kier molecular flexibility index (Phi) is 4.40. The second-order valence-corrected chi connectivity index (χ2v) is 7.09. The number of hydrogen-bond acceptors (Lipinski definition) is 0. The zero-order valence-electron chi connectivity index (χ0n) is 14.6. The van der Waals surface area contributed by atoms with Crippen molar-refractivity contribution >= 4 is 0 Å². The zero-order chi connectivity index (χ0) is 17.2. The Labute approximate surface area is 149 Å². The van der Waals surface area contributed by atoms with Crippen LogP contribution >= 0.6 is 0 Å². The molecule has 0 spiro atoms. The molecule has 1 aliphatic rings. The first-order valence-electron chi connectivity index (χ1n) is 9.21. The maximum Gasteiger partial charge on any atom is 0.131 e. The lowest BCUT2D eigenvalue weighted by molar-refractivity contribution is 0.632. The van der Waals surface area contributed by atoms with E-state index in [1.54, 1.807) is 6.07 Å². The molecular formula is C24H23F. The standard InChI is InChI=1S/C24H23F/c1-2-17-5-11-21(12-6-17)23-14-13-22(16-24(23)25)20-9-7-19(8-10-20)15-18-3-4-18/h5-14,16,18H,2-4,15H2,1H3. The van der Waals surface area contributed by atoms with Gasteiger partial charge in [0.05, 0.1) is 0 Å². The molecule has 126 valence electrons. The van der Waals surface area contributed by atoms with E-state index in [0.717, 1.165) is 29.0 Å². The summed E-state index contributed by atoms with van der Waals surface area (Å²) in [6, 6.07) is 22.3. The number of rotatable bonds is 5. The molecule has 0 bridgehead atoms. The maximum atomic E-state index is 14.7. The third-order valence-corrected chi connectivity index (χ3v) is 5.15. The van der Waals surface area contributed by atoms with Crippen LogP contribution in [0.4, 0.5) is 4.39 Å². The molecule has 0 heterocycles. The first-order chi connectivity index (χ1) is 12.2. The van der Waals surface area contributed by atoms with E-state index in [-0.39, 0.29) is 5.82 Å². The van der Waals surface area contributed by atoms with E-state index in [9.17, 15) is 4.39 Å². The van der Waals surface area contributed by atoms with Crippen LogP contribution in [-0.4, -0.2) is 0 Å². The summed E-state index contributed by atoms with van der Waals surface area (Å²) in [6.45, 7) is 2.13. The van der Waals surface area contributed by atoms with Gasteiger partial charge in [0, 0.05) is 5.56 Å². The van der Waals surface area contributed by atoms with Gasteiger partial charge in [-0.15, -0.1) is 0 Å². The smallest absolute Gasteiger partial charge is 0.131 e. The van der Waals surface area contributed by atoms with E-state index in [1.165, 1.54) is 30.4 Å². The molecule has 0 aliphatic heterocycles. The highest BCUT2D eigenvalue weighted by molar-refractivity contribution is 5.71. The summed E-state index contributed by atoms with van der Waals surface area (Å²) in [5, 5.41) is 0. The lowest BCUT2D eigenvalue weighted by Crippen LogP contribution is -1.89. The van der Waals surface area contributed by atoms with Crippen LogP contribution in [0.3, 0.4) is 0 Å². The highest BCUT2D eigenvalue weighted by atomic mass is 19.1. The minimum absolute atomic E-state index is 0.163. The van der Waals surface area contributed by atoms with Gasteiger partial charge in [0.2, 0.25) is 0 Å². The predicted octanol–water partition coefficient (Wildman–Crippen LogP) is 6.67. The molecule has 3 aromatic rings. The molecule has 0 N–H and O–H groups in total. The molecule has 0 radical (unpaired) electrons. The number of aryl methyl sites for hydroxylation is 1. The fourth-order valence-corrected chi connectivity index (χ4v) is 3.34. The monoisotopic (exact) mass is 330 g/mol. The SMILES string of the molecule is CCc1ccc(-c2ccc(-c3ccc(CC4CC4)cc3)cc2F)cc1. The molecule has 0 amide bonds. The topological polar surface area (TPSA) is 0 Å². The molecule has 0 aromatic heterocycles. The van der Waals surface area contributed by atoms with Crippen LogP contribution in [-0.2, 0) is 12.8 Å². The van der Waals surface area contributed by atoms with Crippen molar-refractivity contribution in [2.45, 2.75) is 32.6 Å². The average Bonchev–Trinajstić information content (AvgIpc) is 3.46. The average molecular weight is 330 g/mol. The van der Waals surface area contributed by atoms with Crippen LogP contribution in [0.5, 0.6) is 0 Å². The molecule has 1 saturated carbocycles. The van der Waals surface area contributed by atoms with Crippen molar-refractivity contribution < 1.29 is 4.39 Å². The molecule has 4 rings (SSSR count). The van der Waals surface area contributed by atoms with E-state index < -0.39 is 0 Å². The van der Waals surface area contributed by atoms with Crippen molar-refractivity contribution in [3.8, 4) is 22.3 Å². The van der Waals surface area contributed by atoms with Crippen molar-refractivity contribution in [3.05, 3.63) is 83.7 Å². The third kappa shape index (κ3) is 3.66. The van der Waals surface area contributed by atoms with Crippen LogP contribution in [0, 0.1) is 11.7 Å². The summed E-state index contributed by atoms with van der Waals surface area (Å²) in [5.41, 5.74) is 6.26. The quantitative estimate of drug-likeness (QED) is 0.490. The second kappa shape index (κ2) is 6.84. The van der Waals surface area contributed by atoms with Gasteiger partial charge in [-0.1, -0.05) is 67.6 Å². The highest BCUT2D eigenvalue weighted by Crippen LogP contribution is 2.33. The van der Waals surface area contributed by atoms with Gasteiger partial charge in [-0.05, 0) is 65.5 Å². The first kappa shape index (κ1) is 16.1. The molecule has 0 atom stereocenters. The summed E-state index contributed by atoms with van der Waals surface area (Å²) >= 11 is 0. The van der Waals surface area contributed by atoms with Crippen LogP contribution < -0.4 is 0 Å². The van der Waals surface area contributed by atoms with Crippen LogP contribution in [0.25, 0.3) is 22.3 Å². The highest BCUT2D eigenvalue weighted by Gasteiger charge is 2.21. The Morgan fingerprint density at radius 3 is 1.96 bits per heavy atom. The Balaban J connectivity index is 1.57. The summed E-state index contributed by atoms with van der Waals surface area (Å²) < 4.78 is 14.7. The van der Waals surface area contributed by atoms with Crippen molar-refractivity contribution in [1.82, 2.24) is 0 Å². The lowest BCUT2D eigenvalue weighted by Gasteiger charge is -2.08. The normalized spacial score (nSPS) is 13.8. The first-order valence-corrected chi connectivity index (χ1v) is 9.21. The molecule has 25 heavy (non-hydrogen) atoms. The molecule has 0 unspecified atom stereocenters. The van der Waals surface area contributed by atoms with E-state index in [1.807, 2.05) is 24.3 Å². The van der Waals surface area contributed by atoms with Crippen LogP contribution in [0.15, 0.2) is 66.7 Å². The number of benzene rings is 3. The van der Waals surface area contributed by atoms with Crippen LogP contribution in [0.1, 0.15) is 30.9 Å². The third-order valence-electron chi connectivity index (χ3n) is 5.15. The molecule has 1 aliphatic carbocycles. The van der Waals surface area contributed by atoms with E-state index in [0.29, 0.717) is 5.56 Å². The predicted molar refractivity (Wildman–Crippen MR) is 103 cm³/mol. The molecule has 3 aromatic carbocycles. The number of halogens is 1. The Hall–Kier alpha value is -2.41. The largest absolute Gasteiger partial charge is 0.206 e. The van der Waals surface area contributed by atoms with Gasteiger partial charge in [-0.25, -0.2) is 4.39 Å². The van der Waals surface area contributed by atoms with Gasteiger partial charge >= 0.3 is 0 Å². The minimum atomic E-state index is -0.163. The van der Waals surface area contributed by atoms with E-state index >= 15 is 0 Å². The Bertz CT molecular complexity index is 856.